The first-order valence-corrected chi connectivity index (χ1v) is 12.0. The molecule has 6 nitrogen and oxygen atoms in total. The van der Waals surface area contributed by atoms with Crippen molar-refractivity contribution in [3.05, 3.63) is 47.7 Å². The van der Waals surface area contributed by atoms with Gasteiger partial charge in [-0.15, -0.1) is 10.2 Å². The normalized spacial score (nSPS) is 18.1. The molecule has 3 heterocycles. The van der Waals surface area contributed by atoms with Crippen molar-refractivity contribution < 1.29 is 8.81 Å². The summed E-state index contributed by atoms with van der Waals surface area (Å²) < 4.78 is 20.7. The van der Waals surface area contributed by atoms with Gasteiger partial charge in [-0.2, -0.15) is 0 Å². The lowest BCUT2D eigenvalue weighted by Gasteiger charge is -2.28. The van der Waals surface area contributed by atoms with Crippen molar-refractivity contribution >= 4 is 11.8 Å². The number of hydrogen-bond acceptors (Lipinski definition) is 6. The van der Waals surface area contributed by atoms with Crippen molar-refractivity contribution in [1.82, 2.24) is 24.6 Å². The van der Waals surface area contributed by atoms with E-state index in [9.17, 15) is 4.39 Å². The Morgan fingerprint density at radius 2 is 1.97 bits per heavy atom. The summed E-state index contributed by atoms with van der Waals surface area (Å²) >= 11 is 1.73. The number of aryl methyl sites for hydroxylation is 1. The monoisotopic (exact) mass is 443 g/mol. The minimum Gasteiger partial charge on any atom is -0.440 e. The van der Waals surface area contributed by atoms with Gasteiger partial charge in [0.2, 0.25) is 5.82 Å². The summed E-state index contributed by atoms with van der Waals surface area (Å²) in [7, 11) is 1.97. The molecule has 0 bridgehead atoms. The second-order valence-corrected chi connectivity index (χ2v) is 9.27. The van der Waals surface area contributed by atoms with Crippen LogP contribution in [0.5, 0.6) is 0 Å². The maximum Gasteiger partial charge on any atom is 0.202 e. The molecule has 1 aromatic carbocycles. The van der Waals surface area contributed by atoms with Crippen LogP contribution in [0.15, 0.2) is 40.2 Å². The quantitative estimate of drug-likeness (QED) is 0.376. The van der Waals surface area contributed by atoms with Crippen molar-refractivity contribution in [2.24, 2.45) is 7.05 Å². The second kappa shape index (κ2) is 10.4. The highest BCUT2D eigenvalue weighted by molar-refractivity contribution is 7.99. The molecule has 31 heavy (non-hydrogen) atoms. The molecule has 0 N–H and O–H groups in total. The molecule has 0 aliphatic carbocycles. The predicted molar refractivity (Wildman–Crippen MR) is 121 cm³/mol. The number of nitrogens with zero attached hydrogens (tertiary/aromatic N) is 5. The van der Waals surface area contributed by atoms with Gasteiger partial charge in [0.15, 0.2) is 17.3 Å². The molecular weight excluding hydrogens is 413 g/mol. The van der Waals surface area contributed by atoms with Crippen LogP contribution in [0, 0.1) is 12.7 Å². The van der Waals surface area contributed by atoms with Gasteiger partial charge in [-0.3, -0.25) is 0 Å². The van der Waals surface area contributed by atoms with E-state index in [0.717, 1.165) is 42.5 Å². The number of aromatic nitrogens is 4. The Labute approximate surface area is 187 Å². The number of benzene rings is 1. The van der Waals surface area contributed by atoms with E-state index in [1.165, 1.54) is 37.8 Å². The largest absolute Gasteiger partial charge is 0.440 e. The minimum absolute atomic E-state index is 0.153. The summed E-state index contributed by atoms with van der Waals surface area (Å²) in [6, 6.07) is 7.09. The van der Waals surface area contributed by atoms with E-state index in [2.05, 4.69) is 20.1 Å². The van der Waals surface area contributed by atoms with E-state index in [0.29, 0.717) is 17.5 Å². The van der Waals surface area contributed by atoms with Crippen LogP contribution in [-0.4, -0.2) is 50.0 Å². The van der Waals surface area contributed by atoms with Crippen molar-refractivity contribution in [1.29, 1.82) is 0 Å². The lowest BCUT2D eigenvalue weighted by Crippen LogP contribution is -2.30. The van der Waals surface area contributed by atoms with E-state index in [1.807, 2.05) is 30.7 Å². The van der Waals surface area contributed by atoms with Gasteiger partial charge in [0, 0.05) is 12.8 Å². The summed E-state index contributed by atoms with van der Waals surface area (Å²) in [5, 5.41) is 9.50. The summed E-state index contributed by atoms with van der Waals surface area (Å²) in [5.41, 5.74) is 2.10. The minimum atomic E-state index is -0.153. The number of halogens is 1. The van der Waals surface area contributed by atoms with Gasteiger partial charge in [-0.05, 0) is 75.9 Å². The van der Waals surface area contributed by atoms with Crippen LogP contribution in [0.2, 0.25) is 0 Å². The van der Waals surface area contributed by atoms with Crippen molar-refractivity contribution in [2.75, 3.05) is 25.4 Å². The summed E-state index contributed by atoms with van der Waals surface area (Å²) in [6.45, 7) is 5.27. The van der Waals surface area contributed by atoms with E-state index >= 15 is 0 Å². The van der Waals surface area contributed by atoms with Gasteiger partial charge in [0.25, 0.3) is 0 Å². The zero-order chi connectivity index (χ0) is 21.6. The summed E-state index contributed by atoms with van der Waals surface area (Å²) in [6.07, 6.45) is 7.35. The van der Waals surface area contributed by atoms with Crippen molar-refractivity contribution in [3.8, 4) is 11.6 Å². The van der Waals surface area contributed by atoms with E-state index < -0.39 is 0 Å². The lowest BCUT2D eigenvalue weighted by atomic mass is 9.89. The zero-order valence-corrected chi connectivity index (χ0v) is 19.1. The fourth-order valence-electron chi connectivity index (χ4n) is 4.22. The number of hydrogen-bond donors (Lipinski definition) is 0. The molecule has 0 amide bonds. The third-order valence-corrected chi connectivity index (χ3v) is 7.15. The molecule has 1 saturated heterocycles. The molecule has 2 aromatic heterocycles. The highest BCUT2D eigenvalue weighted by Gasteiger charge is 2.18. The molecular formula is C23H30FN5OS. The molecule has 1 unspecified atom stereocenters. The van der Waals surface area contributed by atoms with E-state index in [1.54, 1.807) is 23.9 Å². The van der Waals surface area contributed by atoms with Gasteiger partial charge >= 0.3 is 0 Å². The molecule has 4 rings (SSSR count). The Morgan fingerprint density at radius 3 is 2.74 bits per heavy atom. The standard InChI is InChI=1S/C23H30FN5OS/c1-17-21(30-16-25-17)22-26-27-23(28(22)2)31-15-5-13-29-12-4-3-6-18(11-14-29)19-7-9-20(24)10-8-19/h7-10,16,18H,3-6,11-15H2,1-2H3. The van der Waals surface area contributed by atoms with Gasteiger partial charge in [-0.25, -0.2) is 9.37 Å². The molecule has 8 heteroatoms. The maximum absolute atomic E-state index is 13.2. The van der Waals surface area contributed by atoms with Crippen LogP contribution in [0.25, 0.3) is 11.6 Å². The number of rotatable bonds is 7. The highest BCUT2D eigenvalue weighted by Crippen LogP contribution is 2.29. The fraction of sp³-hybridized carbons (Fsp3) is 0.522. The fourth-order valence-corrected chi connectivity index (χ4v) is 5.05. The van der Waals surface area contributed by atoms with Crippen LogP contribution in [0.4, 0.5) is 4.39 Å². The Morgan fingerprint density at radius 1 is 1.13 bits per heavy atom. The molecule has 0 spiro atoms. The molecule has 1 aliphatic rings. The molecule has 3 aromatic rings. The summed E-state index contributed by atoms with van der Waals surface area (Å²) in [5.74, 6) is 2.78. The predicted octanol–water partition coefficient (Wildman–Crippen LogP) is 5.06. The van der Waals surface area contributed by atoms with Gasteiger partial charge in [0.05, 0.1) is 5.69 Å². The number of thioether (sulfide) groups is 1. The van der Waals surface area contributed by atoms with E-state index in [-0.39, 0.29) is 5.82 Å². The van der Waals surface area contributed by atoms with Crippen molar-refractivity contribution in [3.63, 3.8) is 0 Å². The van der Waals surface area contributed by atoms with Crippen LogP contribution >= 0.6 is 11.8 Å². The topological polar surface area (TPSA) is 60.0 Å². The van der Waals surface area contributed by atoms with Gasteiger partial charge in [-0.1, -0.05) is 30.3 Å². The Kier molecular flexibility index (Phi) is 7.40. The molecule has 1 atom stereocenters. The molecule has 0 radical (unpaired) electrons. The lowest BCUT2D eigenvalue weighted by molar-refractivity contribution is 0.239. The Bertz CT molecular complexity index is 971. The van der Waals surface area contributed by atoms with Crippen LogP contribution in [-0.2, 0) is 7.05 Å². The summed E-state index contributed by atoms with van der Waals surface area (Å²) in [4.78, 5) is 6.72. The van der Waals surface area contributed by atoms with Gasteiger partial charge < -0.3 is 13.9 Å². The van der Waals surface area contributed by atoms with Gasteiger partial charge in [0.1, 0.15) is 5.82 Å². The number of oxazole rings is 1. The smallest absolute Gasteiger partial charge is 0.202 e. The molecule has 1 fully saturated rings. The first-order chi connectivity index (χ1) is 15.1. The average Bonchev–Trinajstić information content (AvgIpc) is 3.33. The van der Waals surface area contributed by atoms with Crippen LogP contribution in [0.1, 0.15) is 49.3 Å². The third kappa shape index (κ3) is 5.54. The molecule has 1 aliphatic heterocycles. The Hall–Kier alpha value is -2.19. The second-order valence-electron chi connectivity index (χ2n) is 8.21. The maximum atomic E-state index is 13.2. The Balaban J connectivity index is 1.25. The third-order valence-electron chi connectivity index (χ3n) is 6.05. The number of likely N-dealkylation sites (tertiary alicyclic amines) is 1. The van der Waals surface area contributed by atoms with Crippen molar-refractivity contribution in [2.45, 2.75) is 50.1 Å². The highest BCUT2D eigenvalue weighted by atomic mass is 32.2. The zero-order valence-electron chi connectivity index (χ0n) is 18.3. The van der Waals surface area contributed by atoms with Crippen LogP contribution in [0.3, 0.4) is 0 Å². The van der Waals surface area contributed by atoms with E-state index in [4.69, 9.17) is 4.42 Å². The SMILES string of the molecule is Cc1ncoc1-c1nnc(SCCCN2CCCCC(c3ccc(F)cc3)CC2)n1C. The first-order valence-electron chi connectivity index (χ1n) is 11.0. The van der Waals surface area contributed by atoms with Crippen LogP contribution < -0.4 is 0 Å². The molecule has 0 saturated carbocycles. The first kappa shape index (κ1) is 22.0. The molecule has 166 valence electrons. The average molecular weight is 444 g/mol.